The number of thioether (sulfide) groups is 1. The van der Waals surface area contributed by atoms with Crippen LogP contribution in [0, 0.1) is 5.92 Å². The van der Waals surface area contributed by atoms with Crippen LogP contribution in [-0.4, -0.2) is 50.0 Å². The summed E-state index contributed by atoms with van der Waals surface area (Å²) >= 11 is 1.60. The summed E-state index contributed by atoms with van der Waals surface area (Å²) < 4.78 is 27.0. The van der Waals surface area contributed by atoms with Crippen molar-refractivity contribution < 1.29 is 8.42 Å². The molecule has 1 atom stereocenters. The number of rotatable bonds is 7. The third-order valence-electron chi connectivity index (χ3n) is 5.16. The molecule has 0 aliphatic carbocycles. The number of para-hydroxylation sites is 2. The van der Waals surface area contributed by atoms with Crippen LogP contribution < -0.4 is 5.69 Å². The van der Waals surface area contributed by atoms with Crippen molar-refractivity contribution in [2.45, 2.75) is 31.0 Å². The lowest BCUT2D eigenvalue weighted by atomic mass is 10.1. The van der Waals surface area contributed by atoms with Gasteiger partial charge in [-0.3, -0.25) is 4.57 Å². The van der Waals surface area contributed by atoms with E-state index >= 15 is 0 Å². The number of nitrogens with one attached hydrogen (secondary N) is 1. The lowest BCUT2D eigenvalue weighted by Gasteiger charge is -2.08. The van der Waals surface area contributed by atoms with Gasteiger partial charge in [-0.2, -0.15) is 0 Å². The molecule has 0 radical (unpaired) electrons. The van der Waals surface area contributed by atoms with E-state index in [1.54, 1.807) is 16.3 Å². The zero-order chi connectivity index (χ0) is 19.7. The first-order valence-electron chi connectivity index (χ1n) is 9.32. The summed E-state index contributed by atoms with van der Waals surface area (Å²) in [5.74, 6) is 2.32. The summed E-state index contributed by atoms with van der Waals surface area (Å²) in [7, 11) is -0.951. The van der Waals surface area contributed by atoms with Crippen LogP contribution in [0.4, 0.5) is 0 Å². The van der Waals surface area contributed by atoms with Gasteiger partial charge in [-0.05, 0) is 30.9 Å². The minimum absolute atomic E-state index is 0.0846. The highest BCUT2D eigenvalue weighted by molar-refractivity contribution is 7.99. The quantitative estimate of drug-likeness (QED) is 0.459. The first-order valence-corrected chi connectivity index (χ1v) is 12.1. The Labute approximate surface area is 167 Å². The number of imidazole rings is 1. The number of H-pyrrole nitrogens is 1. The Morgan fingerprint density at radius 1 is 1.29 bits per heavy atom. The molecule has 0 amide bonds. The Kier molecular flexibility index (Phi) is 5.33. The molecule has 1 aliphatic rings. The van der Waals surface area contributed by atoms with Gasteiger partial charge < -0.3 is 9.55 Å². The fourth-order valence-corrected chi connectivity index (χ4v) is 6.37. The minimum atomic E-state index is -2.87. The number of hydrogen-bond donors (Lipinski definition) is 1. The average Bonchev–Trinajstić information content (AvgIpc) is 3.28. The molecule has 150 valence electrons. The van der Waals surface area contributed by atoms with E-state index in [1.165, 1.54) is 0 Å². The first-order chi connectivity index (χ1) is 13.4. The van der Waals surface area contributed by atoms with Gasteiger partial charge in [-0.25, -0.2) is 13.2 Å². The van der Waals surface area contributed by atoms with Crippen molar-refractivity contribution in [1.82, 2.24) is 24.3 Å². The van der Waals surface area contributed by atoms with Gasteiger partial charge in [0.25, 0.3) is 0 Å². The molecule has 1 aromatic carbocycles. The molecule has 0 saturated carbocycles. The van der Waals surface area contributed by atoms with Crippen molar-refractivity contribution in [3.8, 4) is 0 Å². The first kappa shape index (κ1) is 19.3. The molecule has 4 rings (SSSR count). The predicted molar refractivity (Wildman–Crippen MR) is 109 cm³/mol. The number of fused-ring (bicyclic) bond motifs is 1. The zero-order valence-corrected chi connectivity index (χ0v) is 17.3. The largest absolute Gasteiger partial charge is 0.326 e. The second kappa shape index (κ2) is 7.75. The Hall–Kier alpha value is -2.07. The van der Waals surface area contributed by atoms with Gasteiger partial charge in [0.2, 0.25) is 0 Å². The highest BCUT2D eigenvalue weighted by Crippen LogP contribution is 2.24. The van der Waals surface area contributed by atoms with Crippen molar-refractivity contribution in [3.63, 3.8) is 0 Å². The minimum Gasteiger partial charge on any atom is -0.309 e. The standard InChI is InChI=1S/C18H23N5O3S2/c1-22-16(11-13-7-10-28(25,26)12-13)20-21-18(22)27-9-4-8-23-15-6-3-2-5-14(15)19-17(23)24/h2-3,5-6,13H,4,7-12H2,1H3,(H,19,24)/t13-/m1/s1. The number of aryl methyl sites for hydroxylation is 1. The van der Waals surface area contributed by atoms with Crippen LogP contribution in [0.2, 0.25) is 0 Å². The average molecular weight is 422 g/mol. The van der Waals surface area contributed by atoms with Gasteiger partial charge in [0.15, 0.2) is 15.0 Å². The Morgan fingerprint density at radius 2 is 2.11 bits per heavy atom. The highest BCUT2D eigenvalue weighted by atomic mass is 32.2. The number of aromatic nitrogens is 5. The van der Waals surface area contributed by atoms with Gasteiger partial charge in [0, 0.05) is 25.8 Å². The summed E-state index contributed by atoms with van der Waals surface area (Å²) in [4.78, 5) is 15.0. The smallest absolute Gasteiger partial charge is 0.309 e. The normalized spacial score (nSPS) is 18.8. The maximum Gasteiger partial charge on any atom is 0.326 e. The van der Waals surface area contributed by atoms with Crippen molar-refractivity contribution in [3.05, 3.63) is 40.6 Å². The van der Waals surface area contributed by atoms with E-state index in [0.717, 1.165) is 34.2 Å². The number of nitrogens with zero attached hydrogens (tertiary/aromatic N) is 4. The topological polar surface area (TPSA) is 103 Å². The van der Waals surface area contributed by atoms with E-state index in [9.17, 15) is 13.2 Å². The highest BCUT2D eigenvalue weighted by Gasteiger charge is 2.29. The van der Waals surface area contributed by atoms with Crippen molar-refractivity contribution in [2.75, 3.05) is 17.3 Å². The summed E-state index contributed by atoms with van der Waals surface area (Å²) in [5, 5.41) is 9.32. The van der Waals surface area contributed by atoms with E-state index in [-0.39, 0.29) is 23.1 Å². The predicted octanol–water partition coefficient (Wildman–Crippen LogP) is 1.62. The summed E-state index contributed by atoms with van der Waals surface area (Å²) in [5.41, 5.74) is 1.69. The number of hydrogen-bond acceptors (Lipinski definition) is 6. The van der Waals surface area contributed by atoms with Crippen molar-refractivity contribution >= 4 is 32.6 Å². The SMILES string of the molecule is Cn1c(C[C@H]2CCS(=O)(=O)C2)nnc1SCCCn1c(=O)[nH]c2ccccc21. The maximum atomic E-state index is 12.1. The van der Waals surface area contributed by atoms with E-state index < -0.39 is 9.84 Å². The van der Waals surface area contributed by atoms with Crippen molar-refractivity contribution in [1.29, 1.82) is 0 Å². The van der Waals surface area contributed by atoms with Crippen LogP contribution in [0.5, 0.6) is 0 Å². The molecule has 1 aliphatic heterocycles. The third-order valence-corrected chi connectivity index (χ3v) is 8.11. The number of sulfone groups is 1. The second-order valence-corrected chi connectivity index (χ2v) is 10.5. The lowest BCUT2D eigenvalue weighted by molar-refractivity contribution is 0.552. The fourth-order valence-electron chi connectivity index (χ4n) is 3.65. The Bertz CT molecular complexity index is 1150. The summed E-state index contributed by atoms with van der Waals surface area (Å²) in [6.07, 6.45) is 2.18. The molecule has 8 nitrogen and oxygen atoms in total. The van der Waals surface area contributed by atoms with Gasteiger partial charge in [0.05, 0.1) is 22.5 Å². The van der Waals surface area contributed by atoms with E-state index in [2.05, 4.69) is 15.2 Å². The number of aromatic amines is 1. The molecule has 0 bridgehead atoms. The zero-order valence-electron chi connectivity index (χ0n) is 15.7. The third kappa shape index (κ3) is 4.02. The molecule has 3 heterocycles. The van der Waals surface area contributed by atoms with E-state index in [0.29, 0.717) is 19.4 Å². The molecule has 0 spiro atoms. The van der Waals surface area contributed by atoms with Gasteiger partial charge in [0.1, 0.15) is 5.82 Å². The molecule has 3 aromatic rings. The van der Waals surface area contributed by atoms with Gasteiger partial charge >= 0.3 is 5.69 Å². The molecule has 1 saturated heterocycles. The molecule has 28 heavy (non-hydrogen) atoms. The van der Waals surface area contributed by atoms with Crippen LogP contribution >= 0.6 is 11.8 Å². The maximum absolute atomic E-state index is 12.1. The monoisotopic (exact) mass is 421 g/mol. The summed E-state index contributed by atoms with van der Waals surface area (Å²) in [6.45, 7) is 0.639. The van der Waals surface area contributed by atoms with Crippen LogP contribution in [0.15, 0.2) is 34.2 Å². The van der Waals surface area contributed by atoms with E-state index in [4.69, 9.17) is 0 Å². The molecular formula is C18H23N5O3S2. The molecule has 1 fully saturated rings. The Morgan fingerprint density at radius 3 is 2.89 bits per heavy atom. The van der Waals surface area contributed by atoms with E-state index in [1.807, 2.05) is 35.9 Å². The number of benzene rings is 1. The second-order valence-electron chi connectivity index (χ2n) is 7.23. The molecule has 1 N–H and O–H groups in total. The van der Waals surface area contributed by atoms with Crippen LogP contribution in [-0.2, 0) is 29.9 Å². The van der Waals surface area contributed by atoms with Gasteiger partial charge in [-0.15, -0.1) is 10.2 Å². The lowest BCUT2D eigenvalue weighted by Crippen LogP contribution is -2.17. The summed E-state index contributed by atoms with van der Waals surface area (Å²) in [6, 6.07) is 7.68. The van der Waals surface area contributed by atoms with Crippen molar-refractivity contribution in [2.24, 2.45) is 13.0 Å². The fraction of sp³-hybridized carbons (Fsp3) is 0.500. The van der Waals surface area contributed by atoms with Gasteiger partial charge in [-0.1, -0.05) is 23.9 Å². The van der Waals surface area contributed by atoms with Crippen LogP contribution in [0.25, 0.3) is 11.0 Å². The van der Waals surface area contributed by atoms with Crippen LogP contribution in [0.1, 0.15) is 18.7 Å². The Balaban J connectivity index is 1.32. The molecular weight excluding hydrogens is 398 g/mol. The van der Waals surface area contributed by atoms with Crippen LogP contribution in [0.3, 0.4) is 0 Å². The molecule has 10 heteroatoms. The molecule has 0 unspecified atom stereocenters. The molecule has 2 aromatic heterocycles.